The van der Waals surface area contributed by atoms with Gasteiger partial charge in [0.25, 0.3) is 0 Å². The van der Waals surface area contributed by atoms with Crippen molar-refractivity contribution >= 4 is 22.8 Å². The van der Waals surface area contributed by atoms with Crippen LogP contribution >= 0.6 is 11.8 Å². The number of nitrogens with zero attached hydrogens (tertiary/aromatic N) is 2. The Morgan fingerprint density at radius 2 is 2.27 bits per heavy atom. The van der Waals surface area contributed by atoms with Crippen LogP contribution in [0.25, 0.3) is 11.0 Å². The van der Waals surface area contributed by atoms with Crippen molar-refractivity contribution in [1.29, 1.82) is 0 Å². The molecule has 11 heavy (non-hydrogen) atoms. The van der Waals surface area contributed by atoms with Gasteiger partial charge in [-0.05, 0) is 24.6 Å². The van der Waals surface area contributed by atoms with Crippen molar-refractivity contribution in [1.82, 2.24) is 9.07 Å². The second-order valence-corrected chi connectivity index (χ2v) is 2.91. The van der Waals surface area contributed by atoms with Crippen molar-refractivity contribution < 1.29 is 0 Å². The first-order valence-corrected chi connectivity index (χ1v) is 3.71. The van der Waals surface area contributed by atoms with Crippen LogP contribution in [0.3, 0.4) is 0 Å². The number of halogens is 1. The zero-order valence-corrected chi connectivity index (χ0v) is 6.84. The molecule has 0 aliphatic rings. The summed E-state index contributed by atoms with van der Waals surface area (Å²) in [6.07, 6.45) is 1.60. The predicted octanol–water partition coefficient (Wildman–Crippen LogP) is 2.35. The van der Waals surface area contributed by atoms with Gasteiger partial charge in [0.15, 0.2) is 0 Å². The molecule has 56 valence electrons. The smallest absolute Gasteiger partial charge is 0.111 e. The Labute approximate surface area is 69.5 Å². The maximum atomic E-state index is 5.80. The molecule has 0 saturated heterocycles. The molecule has 0 amide bonds. The number of benzene rings is 1. The molecule has 2 rings (SSSR count). The van der Waals surface area contributed by atoms with Crippen LogP contribution < -0.4 is 0 Å². The van der Waals surface area contributed by atoms with Gasteiger partial charge in [-0.25, -0.2) is 9.07 Å². The van der Waals surface area contributed by atoms with Crippen molar-refractivity contribution in [3.8, 4) is 0 Å². The first kappa shape index (κ1) is 6.68. The summed E-state index contributed by atoms with van der Waals surface area (Å²) in [6, 6.07) is 5.99. The molecular formula is C8H7ClN2. The largest absolute Gasteiger partial charge is 0.241 e. The van der Waals surface area contributed by atoms with E-state index in [-0.39, 0.29) is 0 Å². The molecule has 1 aromatic carbocycles. The van der Waals surface area contributed by atoms with E-state index >= 15 is 0 Å². The van der Waals surface area contributed by atoms with Crippen molar-refractivity contribution in [2.75, 3.05) is 0 Å². The molecule has 0 saturated carbocycles. The zero-order valence-electron chi connectivity index (χ0n) is 6.08. The molecule has 1 heterocycles. The lowest BCUT2D eigenvalue weighted by molar-refractivity contribution is 1.25. The molecule has 0 aliphatic carbocycles. The summed E-state index contributed by atoms with van der Waals surface area (Å²) in [5.74, 6) is 0. The van der Waals surface area contributed by atoms with Gasteiger partial charge in [-0.3, -0.25) is 0 Å². The number of fused-ring (bicyclic) bond motifs is 1. The Kier molecular flexibility index (Phi) is 1.36. The van der Waals surface area contributed by atoms with Crippen molar-refractivity contribution in [3.63, 3.8) is 0 Å². The van der Waals surface area contributed by atoms with Gasteiger partial charge in [-0.2, -0.15) is 0 Å². The normalized spacial score (nSPS) is 10.7. The quantitative estimate of drug-likeness (QED) is 0.588. The van der Waals surface area contributed by atoms with Crippen LogP contribution in [0, 0.1) is 6.92 Å². The summed E-state index contributed by atoms with van der Waals surface area (Å²) in [5, 5.41) is 0. The number of hydrogen-bond donors (Lipinski definition) is 0. The summed E-state index contributed by atoms with van der Waals surface area (Å²) in [7, 11) is 0. The summed E-state index contributed by atoms with van der Waals surface area (Å²) < 4.78 is 1.50. The van der Waals surface area contributed by atoms with Crippen LogP contribution in [0.5, 0.6) is 0 Å². The highest BCUT2D eigenvalue weighted by Crippen LogP contribution is 2.14. The second kappa shape index (κ2) is 2.24. The third-order valence-electron chi connectivity index (χ3n) is 1.66. The summed E-state index contributed by atoms with van der Waals surface area (Å²) in [4.78, 5) is 4.09. The third kappa shape index (κ3) is 0.994. The van der Waals surface area contributed by atoms with Gasteiger partial charge in [0.05, 0.1) is 11.0 Å². The summed E-state index contributed by atoms with van der Waals surface area (Å²) in [5.41, 5.74) is 3.09. The molecule has 0 atom stereocenters. The molecule has 0 unspecified atom stereocenters. The van der Waals surface area contributed by atoms with Crippen LogP contribution in [-0.4, -0.2) is 9.07 Å². The number of rotatable bonds is 0. The molecule has 2 nitrogen and oxygen atoms in total. The average Bonchev–Trinajstić information content (AvgIpc) is 2.33. The van der Waals surface area contributed by atoms with Gasteiger partial charge < -0.3 is 0 Å². The fraction of sp³-hybridized carbons (Fsp3) is 0.125. The lowest BCUT2D eigenvalue weighted by Crippen LogP contribution is -1.76. The van der Waals surface area contributed by atoms with Crippen LogP contribution in [0.1, 0.15) is 5.56 Å². The minimum absolute atomic E-state index is 0.936. The maximum absolute atomic E-state index is 5.80. The van der Waals surface area contributed by atoms with Crippen molar-refractivity contribution in [2.45, 2.75) is 6.92 Å². The minimum atomic E-state index is 0.936. The summed E-state index contributed by atoms with van der Waals surface area (Å²) in [6.45, 7) is 2.03. The van der Waals surface area contributed by atoms with E-state index in [0.29, 0.717) is 0 Å². The van der Waals surface area contributed by atoms with Crippen LogP contribution in [0.4, 0.5) is 0 Å². The fourth-order valence-electron chi connectivity index (χ4n) is 1.09. The SMILES string of the molecule is Cc1ccc2ncn(Cl)c2c1. The number of aromatic nitrogens is 2. The molecule has 0 aliphatic heterocycles. The van der Waals surface area contributed by atoms with E-state index in [1.807, 2.05) is 25.1 Å². The second-order valence-electron chi connectivity index (χ2n) is 2.55. The lowest BCUT2D eigenvalue weighted by Gasteiger charge is -1.92. The number of imidazole rings is 1. The van der Waals surface area contributed by atoms with Crippen molar-refractivity contribution in [3.05, 3.63) is 30.1 Å². The third-order valence-corrected chi connectivity index (χ3v) is 1.93. The highest BCUT2D eigenvalue weighted by Gasteiger charge is 1.98. The van der Waals surface area contributed by atoms with E-state index < -0.39 is 0 Å². The van der Waals surface area contributed by atoms with Gasteiger partial charge >= 0.3 is 0 Å². The van der Waals surface area contributed by atoms with Gasteiger partial charge in [0, 0.05) is 11.8 Å². The lowest BCUT2D eigenvalue weighted by atomic mass is 10.2. The molecule has 0 N–H and O–H groups in total. The molecule has 0 radical (unpaired) electrons. The monoisotopic (exact) mass is 166 g/mol. The predicted molar refractivity (Wildman–Crippen MR) is 45.7 cm³/mol. The molecule has 0 fully saturated rings. The van der Waals surface area contributed by atoms with Gasteiger partial charge in [-0.1, -0.05) is 6.07 Å². The average molecular weight is 167 g/mol. The van der Waals surface area contributed by atoms with E-state index in [2.05, 4.69) is 4.98 Å². The highest BCUT2D eigenvalue weighted by atomic mass is 35.5. The molecule has 3 heteroatoms. The van der Waals surface area contributed by atoms with Crippen LogP contribution in [0.15, 0.2) is 24.5 Å². The first-order valence-electron chi connectivity index (χ1n) is 3.37. The maximum Gasteiger partial charge on any atom is 0.111 e. The van der Waals surface area contributed by atoms with Crippen molar-refractivity contribution in [2.24, 2.45) is 0 Å². The van der Waals surface area contributed by atoms with E-state index in [1.165, 1.54) is 9.65 Å². The van der Waals surface area contributed by atoms with E-state index in [0.717, 1.165) is 11.0 Å². The van der Waals surface area contributed by atoms with Gasteiger partial charge in [0.1, 0.15) is 6.33 Å². The first-order chi connectivity index (χ1) is 5.27. The Hall–Kier alpha value is -1.02. The number of hydrogen-bond acceptors (Lipinski definition) is 1. The Morgan fingerprint density at radius 3 is 3.09 bits per heavy atom. The minimum Gasteiger partial charge on any atom is -0.241 e. The molecule has 0 bridgehead atoms. The number of aryl methyl sites for hydroxylation is 1. The summed E-state index contributed by atoms with van der Waals surface area (Å²) >= 11 is 5.80. The van der Waals surface area contributed by atoms with Crippen LogP contribution in [-0.2, 0) is 0 Å². The topological polar surface area (TPSA) is 17.8 Å². The Morgan fingerprint density at radius 1 is 1.45 bits per heavy atom. The molecule has 0 spiro atoms. The molecule has 2 aromatic rings. The zero-order chi connectivity index (χ0) is 7.84. The van der Waals surface area contributed by atoms with E-state index in [9.17, 15) is 0 Å². The van der Waals surface area contributed by atoms with Gasteiger partial charge in [-0.15, -0.1) is 0 Å². The molecular weight excluding hydrogens is 160 g/mol. The van der Waals surface area contributed by atoms with Crippen LogP contribution in [0.2, 0.25) is 0 Å². The fourth-order valence-corrected chi connectivity index (χ4v) is 1.27. The standard InChI is InChI=1S/C8H7ClN2/c1-6-2-3-7-8(4-6)11(9)5-10-7/h2-5H,1H3. The molecule has 1 aromatic heterocycles. The Balaban J connectivity index is 2.87. The Bertz CT molecular complexity index is 392. The van der Waals surface area contributed by atoms with E-state index in [1.54, 1.807) is 6.33 Å². The highest BCUT2D eigenvalue weighted by molar-refractivity contribution is 6.18. The van der Waals surface area contributed by atoms with Gasteiger partial charge in [0.2, 0.25) is 0 Å². The van der Waals surface area contributed by atoms with E-state index in [4.69, 9.17) is 11.8 Å².